The Kier molecular flexibility index (Phi) is 7.71. The Labute approximate surface area is 445 Å². The van der Waals surface area contributed by atoms with E-state index in [1.54, 1.807) is 0 Å². The summed E-state index contributed by atoms with van der Waals surface area (Å²) in [6, 6.07) is 95.4. The zero-order valence-corrected chi connectivity index (χ0v) is 42.0. The van der Waals surface area contributed by atoms with Crippen molar-refractivity contribution in [1.29, 1.82) is 0 Å². The Bertz CT molecular complexity index is 5430. The molecule has 0 N–H and O–H groups in total. The lowest BCUT2D eigenvalue weighted by Crippen LogP contribution is -1.93. The second-order valence-corrected chi connectivity index (χ2v) is 21.5. The third kappa shape index (κ3) is 5.10. The van der Waals surface area contributed by atoms with Gasteiger partial charge in [0.15, 0.2) is 0 Å². The number of rotatable bonds is 4. The van der Waals surface area contributed by atoms with E-state index in [-0.39, 0.29) is 0 Å². The fourth-order valence-electron chi connectivity index (χ4n) is 14.6. The highest BCUT2D eigenvalue weighted by Gasteiger charge is 2.27. The molecular formula is C74H42N4. The first-order valence-electron chi connectivity index (χ1n) is 27.1. The molecule has 0 fully saturated rings. The normalized spacial score (nSPS) is 12.6. The molecule has 0 saturated heterocycles. The van der Waals surface area contributed by atoms with Crippen LogP contribution in [0.4, 0.5) is 0 Å². The Morgan fingerprint density at radius 1 is 0.205 bits per heavy atom. The zero-order valence-electron chi connectivity index (χ0n) is 42.0. The molecule has 0 unspecified atom stereocenters. The first-order chi connectivity index (χ1) is 38.7. The number of aromatic nitrogens is 4. The van der Waals surface area contributed by atoms with Crippen molar-refractivity contribution in [1.82, 2.24) is 17.9 Å². The average Bonchev–Trinajstić information content (AvgIpc) is 3.85. The highest BCUT2D eigenvalue weighted by Crippen LogP contribution is 2.51. The van der Waals surface area contributed by atoms with Crippen LogP contribution in [0.1, 0.15) is 0 Å². The summed E-state index contributed by atoms with van der Waals surface area (Å²) in [5.74, 6) is 0. The smallest absolute Gasteiger partial charge is 0.0626 e. The largest absolute Gasteiger partial charge is 0.309 e. The maximum Gasteiger partial charge on any atom is 0.0626 e. The van der Waals surface area contributed by atoms with E-state index < -0.39 is 0 Å². The number of nitrogens with zero attached hydrogens (tertiary/aromatic N) is 4. The molecule has 0 aliphatic rings. The summed E-state index contributed by atoms with van der Waals surface area (Å²) in [5.41, 5.74) is 19.5. The summed E-state index contributed by atoms with van der Waals surface area (Å²) in [5, 5.41) is 20.3. The summed E-state index contributed by atoms with van der Waals surface area (Å²) < 4.78 is 10.1. The second kappa shape index (κ2) is 14.7. The fraction of sp³-hybridized carbons (Fsp3) is 0. The van der Waals surface area contributed by atoms with Gasteiger partial charge in [0.25, 0.3) is 0 Å². The summed E-state index contributed by atoms with van der Waals surface area (Å²) in [4.78, 5) is 0. The van der Waals surface area contributed by atoms with Crippen molar-refractivity contribution in [3.63, 3.8) is 0 Å². The third-order valence-electron chi connectivity index (χ3n) is 17.7. The molecule has 78 heavy (non-hydrogen) atoms. The molecule has 19 aromatic rings. The van der Waals surface area contributed by atoms with E-state index >= 15 is 0 Å². The molecule has 0 bridgehead atoms. The van der Waals surface area contributed by atoms with Crippen molar-refractivity contribution >= 4 is 141 Å². The van der Waals surface area contributed by atoms with Gasteiger partial charge in [0.1, 0.15) is 0 Å². The van der Waals surface area contributed by atoms with E-state index in [4.69, 9.17) is 0 Å². The minimum absolute atomic E-state index is 1.16. The van der Waals surface area contributed by atoms with E-state index in [2.05, 4.69) is 273 Å². The molecule has 13 aromatic carbocycles. The predicted molar refractivity (Wildman–Crippen MR) is 330 cm³/mol. The molecule has 0 radical (unpaired) electrons. The van der Waals surface area contributed by atoms with Crippen LogP contribution in [0.5, 0.6) is 0 Å². The monoisotopic (exact) mass is 986 g/mol. The fourth-order valence-corrected chi connectivity index (χ4v) is 14.6. The van der Waals surface area contributed by atoms with Crippen LogP contribution in [0.3, 0.4) is 0 Å². The van der Waals surface area contributed by atoms with Gasteiger partial charge in [-0.1, -0.05) is 170 Å². The van der Waals surface area contributed by atoms with E-state index in [1.807, 2.05) is 0 Å². The molecule has 0 aliphatic carbocycles. The maximum absolute atomic E-state index is 2.63. The summed E-state index contributed by atoms with van der Waals surface area (Å²) in [6.07, 6.45) is 0. The van der Waals surface area contributed by atoms with Crippen LogP contribution in [0.25, 0.3) is 175 Å². The summed E-state index contributed by atoms with van der Waals surface area (Å²) in [6.45, 7) is 0. The number of benzene rings is 13. The maximum atomic E-state index is 2.63. The Morgan fingerprint density at radius 3 is 1.03 bits per heavy atom. The molecule has 0 spiro atoms. The van der Waals surface area contributed by atoms with Gasteiger partial charge in [-0.15, -0.1) is 0 Å². The van der Waals surface area contributed by atoms with Crippen molar-refractivity contribution in [2.24, 2.45) is 0 Å². The van der Waals surface area contributed by atoms with Gasteiger partial charge in [0.2, 0.25) is 0 Å². The second-order valence-electron chi connectivity index (χ2n) is 21.5. The Morgan fingerprint density at radius 2 is 0.564 bits per heavy atom. The van der Waals surface area contributed by atoms with Crippen molar-refractivity contribution in [2.75, 3.05) is 0 Å². The van der Waals surface area contributed by atoms with Crippen LogP contribution >= 0.6 is 0 Å². The van der Waals surface area contributed by atoms with Crippen molar-refractivity contribution < 1.29 is 0 Å². The molecule has 6 heterocycles. The standard InChI is InChI=1S/C74H42N4/c1-3-19-47(20-4-1)75-63-31-13-11-25-51(63)59-39-45(33-35-65(59)75)57-37-43-17-7-9-23-49(43)69-55-29-15-27-53-61-42-68-62(41-67(61)77(71(53)55)73(57)69)54-28-16-30-56-70-50-24-10-8-18-44(50)38-58(74(70)78(68)72(54)56)46-34-36-66-60(40-46)52-26-12-14-32-64(52)76(66)48-21-5-2-6-22-48/h1-42H. The SMILES string of the molecule is c1ccc(-n2c3ccccc3c3cc(-c4cc5ccccc5c5c6cccc7c8cc9c(cc8n(c45)c76)c4cccc5c6c7ccccc7cc(-c7ccc8c(c7)c7ccccc7n8-c7ccccc7)c6n9c45)ccc32)cc1. The number of fused-ring (bicyclic) bond motifs is 22. The lowest BCUT2D eigenvalue weighted by atomic mass is 9.94. The van der Waals surface area contributed by atoms with E-state index in [0.717, 1.165) is 11.4 Å². The molecule has 19 rings (SSSR count). The van der Waals surface area contributed by atoms with Crippen LogP contribution in [0, 0.1) is 0 Å². The molecule has 4 heteroatoms. The minimum atomic E-state index is 1.16. The highest BCUT2D eigenvalue weighted by molar-refractivity contribution is 6.35. The molecule has 358 valence electrons. The lowest BCUT2D eigenvalue weighted by molar-refractivity contribution is 1.18. The average molecular weight is 987 g/mol. The zero-order chi connectivity index (χ0) is 50.5. The molecule has 0 amide bonds. The molecule has 0 atom stereocenters. The van der Waals surface area contributed by atoms with E-state index in [0.29, 0.717) is 0 Å². The van der Waals surface area contributed by atoms with Crippen molar-refractivity contribution in [3.8, 4) is 33.6 Å². The highest BCUT2D eigenvalue weighted by atomic mass is 15.0. The molecular weight excluding hydrogens is 945 g/mol. The quantitative estimate of drug-likeness (QED) is 0.167. The number of hydrogen-bond acceptors (Lipinski definition) is 0. The van der Waals surface area contributed by atoms with Crippen LogP contribution < -0.4 is 0 Å². The van der Waals surface area contributed by atoms with Crippen molar-refractivity contribution in [3.05, 3.63) is 255 Å². The van der Waals surface area contributed by atoms with E-state index in [1.165, 1.54) is 164 Å². The molecule has 4 nitrogen and oxygen atoms in total. The van der Waals surface area contributed by atoms with Crippen LogP contribution in [-0.4, -0.2) is 17.9 Å². The van der Waals surface area contributed by atoms with E-state index in [9.17, 15) is 0 Å². The number of para-hydroxylation sites is 6. The van der Waals surface area contributed by atoms with Gasteiger partial charge in [0, 0.05) is 87.1 Å². The van der Waals surface area contributed by atoms with Crippen molar-refractivity contribution in [2.45, 2.75) is 0 Å². The van der Waals surface area contributed by atoms with Gasteiger partial charge in [0.05, 0.1) is 55.2 Å². The number of hydrogen-bond donors (Lipinski definition) is 0. The van der Waals surface area contributed by atoms with Gasteiger partial charge >= 0.3 is 0 Å². The molecule has 0 aliphatic heterocycles. The summed E-state index contributed by atoms with van der Waals surface area (Å²) in [7, 11) is 0. The van der Waals surface area contributed by atoms with Gasteiger partial charge in [-0.2, -0.15) is 0 Å². The minimum Gasteiger partial charge on any atom is -0.309 e. The Hall–Kier alpha value is -10.4. The summed E-state index contributed by atoms with van der Waals surface area (Å²) >= 11 is 0. The molecule has 6 aromatic heterocycles. The van der Waals surface area contributed by atoms with Crippen LogP contribution in [0.15, 0.2) is 255 Å². The van der Waals surface area contributed by atoms with Gasteiger partial charge in [-0.25, -0.2) is 0 Å². The predicted octanol–water partition coefficient (Wildman–Crippen LogP) is 19.8. The van der Waals surface area contributed by atoms with Crippen LogP contribution in [-0.2, 0) is 0 Å². The molecule has 0 saturated carbocycles. The van der Waals surface area contributed by atoms with Gasteiger partial charge < -0.3 is 17.9 Å². The first kappa shape index (κ1) is 40.9. The third-order valence-corrected chi connectivity index (χ3v) is 17.7. The Balaban J connectivity index is 0.920. The topological polar surface area (TPSA) is 18.7 Å². The van der Waals surface area contributed by atoms with Gasteiger partial charge in [-0.05, 0) is 118 Å². The van der Waals surface area contributed by atoms with Crippen LogP contribution in [0.2, 0.25) is 0 Å². The van der Waals surface area contributed by atoms with Gasteiger partial charge in [-0.3, -0.25) is 0 Å². The lowest BCUT2D eigenvalue weighted by Gasteiger charge is -2.12. The first-order valence-corrected chi connectivity index (χ1v) is 27.1.